The molecule has 0 fully saturated rings. The number of hydrogen-bond donors (Lipinski definition) is 0. The second-order valence-corrected chi connectivity index (χ2v) is 16.3. The van der Waals surface area contributed by atoms with E-state index < -0.39 is 18.1 Å². The molecule has 8 heteroatoms. The molecular weight excluding hydrogens is 727 g/mol. The van der Waals surface area contributed by atoms with E-state index in [2.05, 4.69) is 86.8 Å². The van der Waals surface area contributed by atoms with Gasteiger partial charge in [0.05, 0.1) is 40.3 Å². The van der Waals surface area contributed by atoms with Gasteiger partial charge in [0, 0.05) is 19.3 Å². The molecule has 0 saturated carbocycles. The van der Waals surface area contributed by atoms with Crippen molar-refractivity contribution in [3.63, 3.8) is 0 Å². The van der Waals surface area contributed by atoms with E-state index in [0.29, 0.717) is 12.8 Å². The number of likely N-dealkylation sites (N-methyl/N-ethyl adjacent to an activating group) is 1. The van der Waals surface area contributed by atoms with Gasteiger partial charge < -0.3 is 28.6 Å². The third-order valence-corrected chi connectivity index (χ3v) is 9.85. The van der Waals surface area contributed by atoms with Crippen molar-refractivity contribution in [2.75, 3.05) is 41.0 Å². The first-order valence-corrected chi connectivity index (χ1v) is 23.0. The fourth-order valence-electron chi connectivity index (χ4n) is 6.29. The second kappa shape index (κ2) is 40.5. The smallest absolute Gasteiger partial charge is 0.306 e. The minimum Gasteiger partial charge on any atom is -0.544 e. The number of rotatable bonds is 40. The van der Waals surface area contributed by atoms with Crippen molar-refractivity contribution in [3.05, 3.63) is 72.9 Å². The molecular formula is C50H85NO7. The standard InChI is InChI=1S/C50H85NO7/c1-6-8-10-12-14-16-18-20-22-23-24-25-27-29-31-33-35-37-39-41-49(53)58-46(44-56-43-42-47(50(54)55)51(3,4)5)45-57-48(52)40-38-36-34-32-30-28-26-21-19-17-15-13-11-9-7-2/h8,10,14-17,19-22,24-25,46-47H,6-7,9,11-13,18,23,26-45H2,1-5H3/b10-8+,16-14+,17-15+,21-19+,22-20+,25-24+. The van der Waals surface area contributed by atoms with Crippen LogP contribution in [0.2, 0.25) is 0 Å². The number of carboxylic acid groups (broad SMARTS) is 1. The molecule has 332 valence electrons. The average Bonchev–Trinajstić information content (AvgIpc) is 3.18. The van der Waals surface area contributed by atoms with Crippen LogP contribution in [0.15, 0.2) is 72.9 Å². The lowest BCUT2D eigenvalue weighted by atomic mass is 10.1. The highest BCUT2D eigenvalue weighted by Crippen LogP contribution is 2.13. The van der Waals surface area contributed by atoms with Crippen LogP contribution in [0.5, 0.6) is 0 Å². The number of allylic oxidation sites excluding steroid dienone is 12. The monoisotopic (exact) mass is 812 g/mol. The SMILES string of the molecule is CC/C=C/C/C=C/C/C=C/C/C=C/CCCCCCCCC(=O)OC(COCCC(C(=O)[O-])[N+](C)(C)C)COC(=O)CCCCCCCC/C=C/C=C/CCCCC. The first-order chi connectivity index (χ1) is 28.1. The van der Waals surface area contributed by atoms with Crippen LogP contribution in [0, 0.1) is 0 Å². The fraction of sp³-hybridized carbons (Fsp3) is 0.700. The van der Waals surface area contributed by atoms with Gasteiger partial charge in [-0.15, -0.1) is 0 Å². The highest BCUT2D eigenvalue weighted by molar-refractivity contribution is 5.70. The van der Waals surface area contributed by atoms with Gasteiger partial charge in [-0.25, -0.2) is 0 Å². The molecule has 2 atom stereocenters. The summed E-state index contributed by atoms with van der Waals surface area (Å²) < 4.78 is 17.2. The number of hydrogen-bond acceptors (Lipinski definition) is 7. The second-order valence-electron chi connectivity index (χ2n) is 16.3. The first-order valence-electron chi connectivity index (χ1n) is 23.0. The molecule has 0 radical (unpaired) electrons. The van der Waals surface area contributed by atoms with Crippen molar-refractivity contribution < 1.29 is 38.2 Å². The van der Waals surface area contributed by atoms with Gasteiger partial charge in [0.25, 0.3) is 0 Å². The Bertz CT molecular complexity index is 1180. The molecule has 0 spiro atoms. The van der Waals surface area contributed by atoms with Crippen LogP contribution in [0.1, 0.15) is 174 Å². The summed E-state index contributed by atoms with van der Waals surface area (Å²) >= 11 is 0. The Balaban J connectivity index is 4.38. The Labute approximate surface area is 355 Å². The van der Waals surface area contributed by atoms with Gasteiger partial charge in [-0.3, -0.25) is 9.59 Å². The predicted octanol–water partition coefficient (Wildman–Crippen LogP) is 11.4. The molecule has 0 aliphatic rings. The minimum absolute atomic E-state index is 0.0274. The molecule has 0 aromatic carbocycles. The van der Waals surface area contributed by atoms with Crippen LogP contribution in [0.3, 0.4) is 0 Å². The highest BCUT2D eigenvalue weighted by Gasteiger charge is 2.25. The number of nitrogens with zero attached hydrogens (tertiary/aromatic N) is 1. The van der Waals surface area contributed by atoms with E-state index >= 15 is 0 Å². The van der Waals surface area contributed by atoms with E-state index in [0.717, 1.165) is 96.3 Å². The van der Waals surface area contributed by atoms with Gasteiger partial charge in [-0.05, 0) is 77.0 Å². The van der Waals surface area contributed by atoms with Crippen molar-refractivity contribution in [2.45, 2.75) is 187 Å². The quantitative estimate of drug-likeness (QED) is 0.0200. The zero-order valence-corrected chi connectivity index (χ0v) is 37.7. The number of carbonyl (C=O) groups excluding carboxylic acids is 3. The maximum Gasteiger partial charge on any atom is 0.306 e. The van der Waals surface area contributed by atoms with Crippen molar-refractivity contribution >= 4 is 17.9 Å². The molecule has 0 rings (SSSR count). The van der Waals surface area contributed by atoms with Gasteiger partial charge in [0.1, 0.15) is 12.6 Å². The van der Waals surface area contributed by atoms with E-state index in [1.807, 2.05) is 0 Å². The van der Waals surface area contributed by atoms with Gasteiger partial charge in [0.2, 0.25) is 0 Å². The summed E-state index contributed by atoms with van der Waals surface area (Å²) in [7, 11) is 5.39. The lowest BCUT2D eigenvalue weighted by molar-refractivity contribution is -0.889. The Morgan fingerprint density at radius 2 is 1.02 bits per heavy atom. The summed E-state index contributed by atoms with van der Waals surface area (Å²) in [6.45, 7) is 4.48. The van der Waals surface area contributed by atoms with Gasteiger partial charge >= 0.3 is 11.9 Å². The first kappa shape index (κ1) is 54.8. The largest absolute Gasteiger partial charge is 0.544 e. The van der Waals surface area contributed by atoms with Crippen LogP contribution in [0.4, 0.5) is 0 Å². The fourth-order valence-corrected chi connectivity index (χ4v) is 6.29. The average molecular weight is 812 g/mol. The minimum atomic E-state index is -1.13. The predicted molar refractivity (Wildman–Crippen MR) is 240 cm³/mol. The van der Waals surface area contributed by atoms with E-state index in [1.54, 1.807) is 21.1 Å². The summed E-state index contributed by atoms with van der Waals surface area (Å²) in [4.78, 5) is 36.9. The number of esters is 2. The van der Waals surface area contributed by atoms with Gasteiger partial charge in [-0.1, -0.05) is 151 Å². The summed E-state index contributed by atoms with van der Waals surface area (Å²) in [5, 5.41) is 11.6. The summed E-state index contributed by atoms with van der Waals surface area (Å²) in [6.07, 6.45) is 50.6. The molecule has 0 aromatic heterocycles. The van der Waals surface area contributed by atoms with Crippen LogP contribution in [-0.2, 0) is 28.6 Å². The molecule has 0 aliphatic heterocycles. The van der Waals surface area contributed by atoms with Crippen molar-refractivity contribution in [2.24, 2.45) is 0 Å². The molecule has 0 amide bonds. The van der Waals surface area contributed by atoms with Crippen LogP contribution >= 0.6 is 0 Å². The number of carbonyl (C=O) groups is 3. The molecule has 0 bridgehead atoms. The Kier molecular flexibility index (Phi) is 38.3. The Morgan fingerprint density at radius 3 is 1.53 bits per heavy atom. The van der Waals surface area contributed by atoms with Gasteiger partial charge in [0.15, 0.2) is 6.10 Å². The van der Waals surface area contributed by atoms with E-state index in [-0.39, 0.29) is 42.7 Å². The molecule has 8 nitrogen and oxygen atoms in total. The third-order valence-electron chi connectivity index (χ3n) is 9.85. The number of ether oxygens (including phenoxy) is 3. The maximum atomic E-state index is 12.7. The van der Waals surface area contributed by atoms with Crippen molar-refractivity contribution in [1.29, 1.82) is 0 Å². The van der Waals surface area contributed by atoms with Crippen LogP contribution in [0.25, 0.3) is 0 Å². The molecule has 2 unspecified atom stereocenters. The number of aliphatic carboxylic acids is 1. The molecule has 0 aromatic rings. The summed E-state index contributed by atoms with van der Waals surface area (Å²) in [6, 6.07) is -0.734. The van der Waals surface area contributed by atoms with Crippen LogP contribution < -0.4 is 5.11 Å². The molecule has 0 heterocycles. The number of quaternary nitrogens is 1. The molecule has 0 N–H and O–H groups in total. The number of carboxylic acids is 1. The Morgan fingerprint density at radius 1 is 0.552 bits per heavy atom. The topological polar surface area (TPSA) is 102 Å². The van der Waals surface area contributed by atoms with Gasteiger partial charge in [-0.2, -0.15) is 0 Å². The van der Waals surface area contributed by atoms with E-state index in [1.165, 1.54) is 44.9 Å². The normalized spacial score (nSPS) is 13.6. The maximum absolute atomic E-state index is 12.7. The highest BCUT2D eigenvalue weighted by atomic mass is 16.6. The zero-order valence-electron chi connectivity index (χ0n) is 37.7. The van der Waals surface area contributed by atoms with Crippen molar-refractivity contribution in [3.8, 4) is 0 Å². The zero-order chi connectivity index (χ0) is 42.8. The van der Waals surface area contributed by atoms with E-state index in [9.17, 15) is 19.5 Å². The molecule has 0 aliphatic carbocycles. The summed E-state index contributed by atoms with van der Waals surface area (Å²) in [5.41, 5.74) is 0. The molecule has 58 heavy (non-hydrogen) atoms. The van der Waals surface area contributed by atoms with Crippen LogP contribution in [-0.4, -0.2) is 75.5 Å². The Hall–Kier alpha value is -3.23. The lowest BCUT2D eigenvalue weighted by Crippen LogP contribution is -2.55. The number of unbranched alkanes of at least 4 members (excludes halogenated alkanes) is 15. The van der Waals surface area contributed by atoms with Crippen molar-refractivity contribution in [1.82, 2.24) is 0 Å². The lowest BCUT2D eigenvalue weighted by Gasteiger charge is -2.34. The molecule has 0 saturated heterocycles. The van der Waals surface area contributed by atoms with E-state index in [4.69, 9.17) is 14.2 Å². The third kappa shape index (κ3) is 38.3. The summed E-state index contributed by atoms with van der Waals surface area (Å²) in [5.74, 6) is -1.78.